The summed E-state index contributed by atoms with van der Waals surface area (Å²) in [6.07, 6.45) is 2.19. The average Bonchev–Trinajstić information content (AvgIpc) is 3.34. The van der Waals surface area contributed by atoms with Crippen molar-refractivity contribution in [2.24, 2.45) is 0 Å². The van der Waals surface area contributed by atoms with Gasteiger partial charge in [0.15, 0.2) is 0 Å². The quantitative estimate of drug-likeness (QED) is 0.412. The summed E-state index contributed by atoms with van der Waals surface area (Å²) in [5.41, 5.74) is 11.5. The van der Waals surface area contributed by atoms with Crippen LogP contribution < -0.4 is 10.6 Å². The van der Waals surface area contributed by atoms with Gasteiger partial charge in [-0.2, -0.15) is 0 Å². The van der Waals surface area contributed by atoms with Gasteiger partial charge >= 0.3 is 0 Å². The number of H-pyrrole nitrogens is 1. The maximum absolute atomic E-state index is 3.74. The summed E-state index contributed by atoms with van der Waals surface area (Å²) in [6, 6.07) is 14.2. The van der Waals surface area contributed by atoms with E-state index in [1.54, 1.807) is 5.69 Å². The van der Waals surface area contributed by atoms with Crippen molar-refractivity contribution in [1.82, 2.24) is 20.2 Å². The second kappa shape index (κ2) is 7.79. The van der Waals surface area contributed by atoms with Gasteiger partial charge in [-0.15, -0.1) is 0 Å². The number of fused-ring (bicyclic) bond motifs is 6. The van der Waals surface area contributed by atoms with Gasteiger partial charge in [0.1, 0.15) is 0 Å². The molecule has 1 atom stereocenters. The van der Waals surface area contributed by atoms with Crippen LogP contribution >= 0.6 is 0 Å². The number of aromatic nitrogens is 2. The second-order valence-corrected chi connectivity index (χ2v) is 9.97. The number of hydrogen-bond acceptors (Lipinski definition) is 2. The number of nitrogens with one attached hydrogen (secondary N) is 3. The molecular weight excluding hydrogens is 392 g/mol. The minimum absolute atomic E-state index is 0.470. The highest BCUT2D eigenvalue weighted by Gasteiger charge is 2.28. The molecule has 4 aromatic rings. The van der Waals surface area contributed by atoms with Crippen LogP contribution in [0.25, 0.3) is 21.8 Å². The number of hydrogen-bond donors (Lipinski definition) is 3. The lowest BCUT2D eigenvalue weighted by atomic mass is 9.92. The molecule has 2 aromatic heterocycles. The lowest BCUT2D eigenvalue weighted by Crippen LogP contribution is -2.31. The number of nitrogens with zero attached hydrogens (tertiary/aromatic N) is 1. The van der Waals surface area contributed by atoms with E-state index < -0.39 is 0 Å². The van der Waals surface area contributed by atoms with Crippen molar-refractivity contribution in [2.75, 3.05) is 13.1 Å². The summed E-state index contributed by atoms with van der Waals surface area (Å²) in [5.74, 6) is 1.01. The van der Waals surface area contributed by atoms with Crippen molar-refractivity contribution in [3.05, 3.63) is 70.0 Å². The molecule has 0 amide bonds. The fraction of sp³-hybridized carbons (Fsp3) is 0.429. The largest absolute Gasteiger partial charge is 0.357 e. The molecule has 6 rings (SSSR count). The first kappa shape index (κ1) is 20.1. The smallest absolute Gasteiger partial charge is 0.0488 e. The zero-order valence-electron chi connectivity index (χ0n) is 19.5. The minimum atomic E-state index is 0.470. The Bertz CT molecular complexity index is 1310. The highest BCUT2D eigenvalue weighted by Crippen LogP contribution is 2.37. The lowest BCUT2D eigenvalue weighted by molar-refractivity contribution is 0.475. The Morgan fingerprint density at radius 3 is 2.75 bits per heavy atom. The van der Waals surface area contributed by atoms with Crippen LogP contribution in [0.15, 0.2) is 36.4 Å². The first-order chi connectivity index (χ1) is 15.6. The molecule has 3 N–H and O–H groups in total. The van der Waals surface area contributed by atoms with E-state index in [1.807, 2.05) is 0 Å². The molecule has 166 valence electrons. The van der Waals surface area contributed by atoms with Crippen molar-refractivity contribution in [1.29, 1.82) is 0 Å². The predicted octanol–water partition coefficient (Wildman–Crippen LogP) is 5.34. The molecule has 2 aromatic carbocycles. The Kier molecular flexibility index (Phi) is 4.89. The number of benzene rings is 2. The SMILES string of the molecule is CCc1ccc2c3c([nH]c2c1)CNCC3Cn1c2c(c3ccc(C(C)C)cc31)CNCC2. The van der Waals surface area contributed by atoms with E-state index in [1.165, 1.54) is 49.8 Å². The number of aromatic amines is 1. The van der Waals surface area contributed by atoms with Crippen LogP contribution in [0.2, 0.25) is 0 Å². The molecule has 4 heteroatoms. The van der Waals surface area contributed by atoms with Crippen LogP contribution in [0.1, 0.15) is 66.2 Å². The molecule has 4 nitrogen and oxygen atoms in total. The van der Waals surface area contributed by atoms with Crippen LogP contribution in [0.4, 0.5) is 0 Å². The summed E-state index contributed by atoms with van der Waals surface area (Å²) >= 11 is 0. The molecule has 32 heavy (non-hydrogen) atoms. The summed E-state index contributed by atoms with van der Waals surface area (Å²) < 4.78 is 2.66. The van der Waals surface area contributed by atoms with Gasteiger partial charge in [-0.3, -0.25) is 0 Å². The molecule has 2 aliphatic heterocycles. The molecular formula is C28H34N4. The standard InChI is InChI=1S/C28H34N4/c1-4-18-5-7-22-24(11-18)31-25-15-30-13-20(28(22)25)16-32-26-9-10-29-14-23(26)21-8-6-19(17(2)3)12-27(21)32/h5-8,11-12,17,20,29-31H,4,9-10,13-16H2,1-3H3. The third-order valence-corrected chi connectivity index (χ3v) is 7.72. The van der Waals surface area contributed by atoms with Gasteiger partial charge in [-0.25, -0.2) is 0 Å². The zero-order chi connectivity index (χ0) is 21.8. The zero-order valence-corrected chi connectivity index (χ0v) is 19.5. The minimum Gasteiger partial charge on any atom is -0.357 e. The van der Waals surface area contributed by atoms with Crippen molar-refractivity contribution < 1.29 is 0 Å². The third kappa shape index (κ3) is 3.12. The van der Waals surface area contributed by atoms with E-state index >= 15 is 0 Å². The maximum atomic E-state index is 3.74. The van der Waals surface area contributed by atoms with Crippen LogP contribution in [0.3, 0.4) is 0 Å². The Labute approximate surface area is 190 Å². The summed E-state index contributed by atoms with van der Waals surface area (Å²) in [4.78, 5) is 3.74. The van der Waals surface area contributed by atoms with Crippen molar-refractivity contribution in [2.45, 2.75) is 65.1 Å². The first-order valence-corrected chi connectivity index (χ1v) is 12.3. The average molecular weight is 427 g/mol. The van der Waals surface area contributed by atoms with Crippen molar-refractivity contribution in [3.8, 4) is 0 Å². The monoisotopic (exact) mass is 426 g/mol. The van der Waals surface area contributed by atoms with Gasteiger partial charge in [0.05, 0.1) is 0 Å². The molecule has 0 saturated heterocycles. The molecule has 4 heterocycles. The molecule has 2 aliphatic rings. The molecule has 0 aliphatic carbocycles. The molecule has 0 saturated carbocycles. The number of rotatable bonds is 4. The van der Waals surface area contributed by atoms with Gasteiger partial charge < -0.3 is 20.2 Å². The Balaban J connectivity index is 1.48. The summed E-state index contributed by atoms with van der Waals surface area (Å²) in [6.45, 7) is 11.9. The first-order valence-electron chi connectivity index (χ1n) is 12.3. The second-order valence-electron chi connectivity index (χ2n) is 9.97. The topological polar surface area (TPSA) is 44.8 Å². The van der Waals surface area contributed by atoms with Gasteiger partial charge in [0, 0.05) is 78.3 Å². The van der Waals surface area contributed by atoms with Crippen LogP contribution in [-0.4, -0.2) is 22.6 Å². The van der Waals surface area contributed by atoms with Gasteiger partial charge in [0.2, 0.25) is 0 Å². The fourth-order valence-electron chi connectivity index (χ4n) is 5.96. The molecule has 0 radical (unpaired) electrons. The fourth-order valence-corrected chi connectivity index (χ4v) is 5.96. The van der Waals surface area contributed by atoms with E-state index in [0.29, 0.717) is 11.8 Å². The van der Waals surface area contributed by atoms with Gasteiger partial charge in [-0.1, -0.05) is 45.0 Å². The maximum Gasteiger partial charge on any atom is 0.0488 e. The van der Waals surface area contributed by atoms with Gasteiger partial charge in [-0.05, 0) is 46.7 Å². The van der Waals surface area contributed by atoms with Crippen molar-refractivity contribution in [3.63, 3.8) is 0 Å². The normalized spacial score (nSPS) is 18.4. The molecule has 1 unspecified atom stereocenters. The van der Waals surface area contributed by atoms with E-state index in [4.69, 9.17) is 0 Å². The lowest BCUT2D eigenvalue weighted by Gasteiger charge is -2.27. The van der Waals surface area contributed by atoms with Gasteiger partial charge in [0.25, 0.3) is 0 Å². The van der Waals surface area contributed by atoms with Crippen LogP contribution in [0, 0.1) is 0 Å². The van der Waals surface area contributed by atoms with E-state index in [0.717, 1.165) is 45.6 Å². The van der Waals surface area contributed by atoms with E-state index in [9.17, 15) is 0 Å². The highest BCUT2D eigenvalue weighted by atomic mass is 15.0. The number of aryl methyl sites for hydroxylation is 1. The van der Waals surface area contributed by atoms with Crippen LogP contribution in [0.5, 0.6) is 0 Å². The van der Waals surface area contributed by atoms with E-state index in [-0.39, 0.29) is 0 Å². The third-order valence-electron chi connectivity index (χ3n) is 7.72. The predicted molar refractivity (Wildman–Crippen MR) is 134 cm³/mol. The Morgan fingerprint density at radius 2 is 1.91 bits per heavy atom. The molecule has 0 fully saturated rings. The van der Waals surface area contributed by atoms with Crippen molar-refractivity contribution >= 4 is 21.8 Å². The Morgan fingerprint density at radius 1 is 1.03 bits per heavy atom. The highest BCUT2D eigenvalue weighted by molar-refractivity contribution is 5.88. The Hall–Kier alpha value is -2.56. The molecule has 0 spiro atoms. The summed E-state index contributed by atoms with van der Waals surface area (Å²) in [5, 5.41) is 10.1. The van der Waals surface area contributed by atoms with E-state index in [2.05, 4.69) is 77.4 Å². The van der Waals surface area contributed by atoms with Crippen LogP contribution in [-0.2, 0) is 32.5 Å². The summed E-state index contributed by atoms with van der Waals surface area (Å²) in [7, 11) is 0. The molecule has 0 bridgehead atoms.